The summed E-state index contributed by atoms with van der Waals surface area (Å²) >= 11 is 5.84. The Balaban J connectivity index is 1.50. The van der Waals surface area contributed by atoms with Crippen LogP contribution in [0, 0.1) is 6.92 Å². The molecule has 0 aliphatic heterocycles. The molecule has 0 saturated heterocycles. The van der Waals surface area contributed by atoms with Gasteiger partial charge in [0.25, 0.3) is 5.89 Å². The third-order valence-electron chi connectivity index (χ3n) is 3.27. The van der Waals surface area contributed by atoms with E-state index in [1.165, 1.54) is 0 Å². The summed E-state index contributed by atoms with van der Waals surface area (Å²) < 4.78 is 15.5. The number of esters is 1. The van der Waals surface area contributed by atoms with Gasteiger partial charge in [0.05, 0.1) is 0 Å². The highest BCUT2D eigenvalue weighted by atomic mass is 35.5. The molecule has 0 fully saturated rings. The zero-order valence-electron chi connectivity index (χ0n) is 13.4. The minimum Gasteiger partial charge on any atom is -0.482 e. The maximum absolute atomic E-state index is 11.7. The van der Waals surface area contributed by atoms with Crippen LogP contribution in [-0.2, 0) is 16.1 Å². The quantitative estimate of drug-likeness (QED) is 0.623. The summed E-state index contributed by atoms with van der Waals surface area (Å²) in [5.41, 5.74) is 1.81. The molecule has 7 heteroatoms. The van der Waals surface area contributed by atoms with Gasteiger partial charge >= 0.3 is 5.97 Å². The number of rotatable bonds is 6. The average molecular weight is 359 g/mol. The number of benzene rings is 2. The first kappa shape index (κ1) is 17.0. The van der Waals surface area contributed by atoms with Crippen LogP contribution in [0.15, 0.2) is 53.1 Å². The summed E-state index contributed by atoms with van der Waals surface area (Å²) in [5, 5.41) is 4.47. The molecular weight excluding hydrogens is 344 g/mol. The molecule has 1 heterocycles. The first-order chi connectivity index (χ1) is 12.1. The maximum atomic E-state index is 11.7. The Morgan fingerprint density at radius 3 is 2.76 bits per heavy atom. The second-order valence-electron chi connectivity index (χ2n) is 5.28. The highest BCUT2D eigenvalue weighted by Gasteiger charge is 2.11. The molecule has 25 heavy (non-hydrogen) atoms. The van der Waals surface area contributed by atoms with Crippen LogP contribution in [0.2, 0.25) is 5.02 Å². The van der Waals surface area contributed by atoms with Crippen molar-refractivity contribution in [2.75, 3.05) is 6.61 Å². The molecule has 0 saturated carbocycles. The second-order valence-corrected chi connectivity index (χ2v) is 5.72. The molecule has 0 aliphatic rings. The topological polar surface area (TPSA) is 74.5 Å². The fourth-order valence-corrected chi connectivity index (χ4v) is 2.19. The predicted molar refractivity (Wildman–Crippen MR) is 91.2 cm³/mol. The van der Waals surface area contributed by atoms with E-state index >= 15 is 0 Å². The van der Waals surface area contributed by atoms with E-state index in [0.29, 0.717) is 16.6 Å². The smallest absolute Gasteiger partial charge is 0.344 e. The van der Waals surface area contributed by atoms with Crippen molar-refractivity contribution in [2.45, 2.75) is 13.5 Å². The molecule has 0 amide bonds. The highest BCUT2D eigenvalue weighted by Crippen LogP contribution is 2.19. The van der Waals surface area contributed by atoms with Gasteiger partial charge in [0.2, 0.25) is 5.82 Å². The molecule has 0 radical (unpaired) electrons. The standard InChI is InChI=1S/C18H15ClN2O4/c1-12-3-2-4-15(9-12)23-11-17(22)24-10-16-20-18(21-25-16)13-5-7-14(19)8-6-13/h2-9H,10-11H2,1H3. The van der Waals surface area contributed by atoms with Crippen LogP contribution in [0.3, 0.4) is 0 Å². The van der Waals surface area contributed by atoms with Crippen molar-refractivity contribution in [3.63, 3.8) is 0 Å². The number of hydrogen-bond donors (Lipinski definition) is 0. The van der Waals surface area contributed by atoms with Crippen LogP contribution < -0.4 is 4.74 Å². The van der Waals surface area contributed by atoms with Crippen molar-refractivity contribution in [3.8, 4) is 17.1 Å². The van der Waals surface area contributed by atoms with Crippen LogP contribution in [0.25, 0.3) is 11.4 Å². The first-order valence-corrected chi connectivity index (χ1v) is 7.91. The highest BCUT2D eigenvalue weighted by molar-refractivity contribution is 6.30. The normalized spacial score (nSPS) is 10.5. The number of aryl methyl sites for hydroxylation is 1. The number of nitrogens with zero attached hydrogens (tertiary/aromatic N) is 2. The summed E-state index contributed by atoms with van der Waals surface area (Å²) in [7, 11) is 0. The third-order valence-corrected chi connectivity index (χ3v) is 3.53. The van der Waals surface area contributed by atoms with Gasteiger partial charge in [0.15, 0.2) is 13.2 Å². The summed E-state index contributed by atoms with van der Waals surface area (Å²) in [5.74, 6) is 0.695. The van der Waals surface area contributed by atoms with E-state index in [1.807, 2.05) is 25.1 Å². The molecule has 128 valence electrons. The lowest BCUT2D eigenvalue weighted by molar-refractivity contribution is -0.148. The number of ether oxygens (including phenoxy) is 2. The number of halogens is 1. The van der Waals surface area contributed by atoms with Gasteiger partial charge in [0.1, 0.15) is 5.75 Å². The third kappa shape index (κ3) is 4.81. The van der Waals surface area contributed by atoms with Crippen molar-refractivity contribution >= 4 is 17.6 Å². The van der Waals surface area contributed by atoms with Crippen LogP contribution in [0.5, 0.6) is 5.75 Å². The van der Waals surface area contributed by atoms with Gasteiger partial charge in [-0.05, 0) is 48.9 Å². The zero-order chi connectivity index (χ0) is 17.6. The van der Waals surface area contributed by atoms with Crippen LogP contribution >= 0.6 is 11.6 Å². The van der Waals surface area contributed by atoms with Gasteiger partial charge < -0.3 is 14.0 Å². The molecule has 0 spiro atoms. The Hall–Kier alpha value is -2.86. The molecule has 0 bridgehead atoms. The van der Waals surface area contributed by atoms with E-state index in [-0.39, 0.29) is 19.1 Å². The van der Waals surface area contributed by atoms with Gasteiger partial charge in [-0.2, -0.15) is 4.98 Å². The van der Waals surface area contributed by atoms with Gasteiger partial charge in [0, 0.05) is 10.6 Å². The second kappa shape index (κ2) is 7.81. The summed E-state index contributed by atoms with van der Waals surface area (Å²) in [6.45, 7) is 1.64. The minimum absolute atomic E-state index is 0.114. The Morgan fingerprint density at radius 2 is 2.00 bits per heavy atom. The van der Waals surface area contributed by atoms with E-state index in [1.54, 1.807) is 30.3 Å². The van der Waals surface area contributed by atoms with E-state index in [9.17, 15) is 4.79 Å². The molecule has 1 aromatic heterocycles. The Labute approximate surface area is 149 Å². The van der Waals surface area contributed by atoms with E-state index in [4.69, 9.17) is 25.6 Å². The van der Waals surface area contributed by atoms with E-state index in [0.717, 1.165) is 11.1 Å². The molecule has 0 unspecified atom stereocenters. The molecule has 6 nitrogen and oxygen atoms in total. The van der Waals surface area contributed by atoms with Gasteiger partial charge in [-0.15, -0.1) is 0 Å². The van der Waals surface area contributed by atoms with Crippen LogP contribution in [0.4, 0.5) is 0 Å². The van der Waals surface area contributed by atoms with Crippen molar-refractivity contribution in [1.82, 2.24) is 10.1 Å². The van der Waals surface area contributed by atoms with Crippen LogP contribution in [0.1, 0.15) is 11.5 Å². The number of aromatic nitrogens is 2. The fourth-order valence-electron chi connectivity index (χ4n) is 2.06. The van der Waals surface area contributed by atoms with Gasteiger partial charge in [-0.25, -0.2) is 4.79 Å². The lowest BCUT2D eigenvalue weighted by Gasteiger charge is -2.06. The lowest BCUT2D eigenvalue weighted by atomic mass is 10.2. The Bertz CT molecular complexity index is 862. The molecule has 2 aromatic carbocycles. The molecule has 0 N–H and O–H groups in total. The van der Waals surface area contributed by atoms with Crippen molar-refractivity contribution in [3.05, 3.63) is 65.0 Å². The molecule has 3 rings (SSSR count). The summed E-state index contributed by atoms with van der Waals surface area (Å²) in [4.78, 5) is 15.9. The summed E-state index contributed by atoms with van der Waals surface area (Å²) in [6.07, 6.45) is 0. The molecule has 0 aliphatic carbocycles. The van der Waals surface area contributed by atoms with Crippen molar-refractivity contribution < 1.29 is 18.8 Å². The van der Waals surface area contributed by atoms with E-state index in [2.05, 4.69) is 10.1 Å². The number of hydrogen-bond acceptors (Lipinski definition) is 6. The SMILES string of the molecule is Cc1cccc(OCC(=O)OCc2nc(-c3ccc(Cl)cc3)no2)c1. The van der Waals surface area contributed by atoms with Crippen molar-refractivity contribution in [2.24, 2.45) is 0 Å². The van der Waals surface area contributed by atoms with Crippen LogP contribution in [-0.4, -0.2) is 22.7 Å². The average Bonchev–Trinajstić information content (AvgIpc) is 3.08. The minimum atomic E-state index is -0.521. The Kier molecular flexibility index (Phi) is 5.30. The first-order valence-electron chi connectivity index (χ1n) is 7.54. The summed E-state index contributed by atoms with van der Waals surface area (Å²) in [6, 6.07) is 14.4. The van der Waals surface area contributed by atoms with Crippen molar-refractivity contribution in [1.29, 1.82) is 0 Å². The maximum Gasteiger partial charge on any atom is 0.344 e. The molecular formula is C18H15ClN2O4. The van der Waals surface area contributed by atoms with E-state index < -0.39 is 5.97 Å². The number of carbonyl (C=O) groups excluding carboxylic acids is 1. The zero-order valence-corrected chi connectivity index (χ0v) is 14.2. The van der Waals surface area contributed by atoms with Gasteiger partial charge in [-0.3, -0.25) is 0 Å². The molecule has 0 atom stereocenters. The predicted octanol–water partition coefficient (Wildman–Crippen LogP) is 3.82. The molecule has 3 aromatic rings. The lowest BCUT2D eigenvalue weighted by Crippen LogP contribution is -2.14. The monoisotopic (exact) mass is 358 g/mol. The fraction of sp³-hybridized carbons (Fsp3) is 0.167. The number of carbonyl (C=O) groups is 1. The van der Waals surface area contributed by atoms with Gasteiger partial charge in [-0.1, -0.05) is 28.9 Å². The largest absolute Gasteiger partial charge is 0.482 e. The Morgan fingerprint density at radius 1 is 1.20 bits per heavy atom.